The maximum atomic E-state index is 6.12. The third-order valence-corrected chi connectivity index (χ3v) is 4.29. The minimum Gasteiger partial charge on any atom is -0.488 e. The molecule has 1 aliphatic rings. The fourth-order valence-electron chi connectivity index (χ4n) is 2.37. The molecule has 0 amide bonds. The summed E-state index contributed by atoms with van der Waals surface area (Å²) in [6, 6.07) is 6.32. The van der Waals surface area contributed by atoms with E-state index in [0.717, 1.165) is 42.6 Å². The Balaban J connectivity index is 1.95. The summed E-state index contributed by atoms with van der Waals surface area (Å²) >= 11 is 1.81. The predicted molar refractivity (Wildman–Crippen MR) is 97.6 cm³/mol. The van der Waals surface area contributed by atoms with E-state index < -0.39 is 0 Å². The third kappa shape index (κ3) is 5.95. The van der Waals surface area contributed by atoms with Gasteiger partial charge in [-0.1, -0.05) is 12.1 Å². The second-order valence-electron chi connectivity index (χ2n) is 5.56. The summed E-state index contributed by atoms with van der Waals surface area (Å²) in [6.45, 7) is 5.13. The van der Waals surface area contributed by atoms with Crippen LogP contribution in [0.1, 0.15) is 17.5 Å². The SMILES string of the molecule is CN=C(NCCSC)NCc1ccc(C)cc1OC1CCOC1. The monoisotopic (exact) mass is 337 g/mol. The molecule has 1 unspecified atom stereocenters. The predicted octanol–water partition coefficient (Wildman–Crippen LogP) is 2.19. The molecule has 1 fully saturated rings. The topological polar surface area (TPSA) is 54.9 Å². The van der Waals surface area contributed by atoms with Crippen molar-refractivity contribution in [2.75, 3.05) is 38.8 Å². The lowest BCUT2D eigenvalue weighted by Crippen LogP contribution is -2.38. The summed E-state index contributed by atoms with van der Waals surface area (Å²) in [6.07, 6.45) is 3.22. The highest BCUT2D eigenvalue weighted by molar-refractivity contribution is 7.98. The maximum absolute atomic E-state index is 6.12. The Labute approximate surface area is 143 Å². The molecule has 128 valence electrons. The summed E-state index contributed by atoms with van der Waals surface area (Å²) in [4.78, 5) is 4.25. The number of benzene rings is 1. The van der Waals surface area contributed by atoms with Crippen molar-refractivity contribution in [2.45, 2.75) is 26.0 Å². The number of hydrogen-bond acceptors (Lipinski definition) is 4. The van der Waals surface area contributed by atoms with Crippen LogP contribution in [0.5, 0.6) is 5.75 Å². The van der Waals surface area contributed by atoms with Crippen LogP contribution in [0.25, 0.3) is 0 Å². The molecule has 2 rings (SSSR count). The lowest BCUT2D eigenvalue weighted by atomic mass is 10.1. The molecule has 1 atom stereocenters. The van der Waals surface area contributed by atoms with E-state index >= 15 is 0 Å². The van der Waals surface area contributed by atoms with E-state index in [0.29, 0.717) is 13.2 Å². The molecule has 1 aliphatic heterocycles. The van der Waals surface area contributed by atoms with Gasteiger partial charge in [-0.3, -0.25) is 4.99 Å². The molecule has 23 heavy (non-hydrogen) atoms. The molecule has 6 heteroatoms. The van der Waals surface area contributed by atoms with Gasteiger partial charge < -0.3 is 20.1 Å². The minimum absolute atomic E-state index is 0.162. The third-order valence-electron chi connectivity index (χ3n) is 3.67. The van der Waals surface area contributed by atoms with Gasteiger partial charge >= 0.3 is 0 Å². The molecule has 1 heterocycles. The van der Waals surface area contributed by atoms with Crippen LogP contribution in [-0.4, -0.2) is 50.9 Å². The van der Waals surface area contributed by atoms with E-state index in [2.05, 4.69) is 47.0 Å². The van der Waals surface area contributed by atoms with E-state index in [9.17, 15) is 0 Å². The van der Waals surface area contributed by atoms with Crippen molar-refractivity contribution in [1.29, 1.82) is 0 Å². The van der Waals surface area contributed by atoms with Crippen LogP contribution >= 0.6 is 11.8 Å². The lowest BCUT2D eigenvalue weighted by Gasteiger charge is -2.18. The van der Waals surface area contributed by atoms with Crippen LogP contribution in [0.3, 0.4) is 0 Å². The molecule has 1 aromatic rings. The van der Waals surface area contributed by atoms with Gasteiger partial charge in [-0.05, 0) is 24.8 Å². The van der Waals surface area contributed by atoms with Crippen LogP contribution in [0.2, 0.25) is 0 Å². The maximum Gasteiger partial charge on any atom is 0.191 e. The quantitative estimate of drug-likeness (QED) is 0.454. The second kappa shape index (κ2) is 9.67. The van der Waals surface area contributed by atoms with E-state index in [-0.39, 0.29) is 6.10 Å². The molecular formula is C17H27N3O2S. The zero-order valence-corrected chi connectivity index (χ0v) is 15.0. The summed E-state index contributed by atoms with van der Waals surface area (Å²) < 4.78 is 11.5. The molecule has 0 radical (unpaired) electrons. The van der Waals surface area contributed by atoms with Crippen molar-refractivity contribution < 1.29 is 9.47 Å². The minimum atomic E-state index is 0.162. The number of nitrogens with zero attached hydrogens (tertiary/aromatic N) is 1. The molecule has 1 aromatic carbocycles. The number of nitrogens with one attached hydrogen (secondary N) is 2. The highest BCUT2D eigenvalue weighted by Gasteiger charge is 2.18. The molecule has 1 saturated heterocycles. The first kappa shape index (κ1) is 17.9. The molecule has 5 nitrogen and oxygen atoms in total. The van der Waals surface area contributed by atoms with Gasteiger partial charge in [-0.15, -0.1) is 0 Å². The summed E-state index contributed by atoms with van der Waals surface area (Å²) in [7, 11) is 1.79. The Morgan fingerprint density at radius 2 is 2.30 bits per heavy atom. The van der Waals surface area contributed by atoms with Crippen LogP contribution < -0.4 is 15.4 Å². The van der Waals surface area contributed by atoms with E-state index in [4.69, 9.17) is 9.47 Å². The lowest BCUT2D eigenvalue weighted by molar-refractivity contribution is 0.140. The van der Waals surface area contributed by atoms with Crippen molar-refractivity contribution in [1.82, 2.24) is 10.6 Å². The van der Waals surface area contributed by atoms with Crippen LogP contribution in [0, 0.1) is 6.92 Å². The standard InChI is InChI=1S/C17H27N3O2S/c1-13-4-5-14(11-20-17(18-2)19-7-9-23-3)16(10-13)22-15-6-8-21-12-15/h4-5,10,15H,6-9,11-12H2,1-3H3,(H2,18,19,20). The highest BCUT2D eigenvalue weighted by Crippen LogP contribution is 2.23. The number of thioether (sulfide) groups is 1. The largest absolute Gasteiger partial charge is 0.488 e. The smallest absolute Gasteiger partial charge is 0.191 e. The number of hydrogen-bond donors (Lipinski definition) is 2. The Kier molecular flexibility index (Phi) is 7.55. The number of aliphatic imine (C=N–C) groups is 1. The normalized spacial score (nSPS) is 18.0. The molecule has 0 spiro atoms. The number of aryl methyl sites for hydroxylation is 1. The van der Waals surface area contributed by atoms with Gasteiger partial charge in [0.2, 0.25) is 0 Å². The van der Waals surface area contributed by atoms with E-state index in [1.165, 1.54) is 5.56 Å². The van der Waals surface area contributed by atoms with Gasteiger partial charge in [0.25, 0.3) is 0 Å². The van der Waals surface area contributed by atoms with E-state index in [1.807, 2.05) is 11.8 Å². The summed E-state index contributed by atoms with van der Waals surface area (Å²) in [5.41, 5.74) is 2.33. The molecule has 2 N–H and O–H groups in total. The average molecular weight is 337 g/mol. The van der Waals surface area contributed by atoms with Crippen LogP contribution in [-0.2, 0) is 11.3 Å². The molecule has 0 aromatic heterocycles. The summed E-state index contributed by atoms with van der Waals surface area (Å²) in [5, 5.41) is 6.65. The van der Waals surface area contributed by atoms with Crippen LogP contribution in [0.4, 0.5) is 0 Å². The van der Waals surface area contributed by atoms with Gasteiger partial charge in [0.1, 0.15) is 11.9 Å². The average Bonchev–Trinajstić information content (AvgIpc) is 3.05. The molecule has 0 aliphatic carbocycles. The first-order chi connectivity index (χ1) is 11.2. The molecular weight excluding hydrogens is 310 g/mol. The van der Waals surface area contributed by atoms with Gasteiger partial charge in [-0.25, -0.2) is 0 Å². The Bertz CT molecular complexity index is 517. The first-order valence-corrected chi connectivity index (χ1v) is 9.39. The molecule has 0 bridgehead atoms. The fraction of sp³-hybridized carbons (Fsp3) is 0.588. The van der Waals surface area contributed by atoms with Crippen molar-refractivity contribution in [3.63, 3.8) is 0 Å². The zero-order valence-electron chi connectivity index (χ0n) is 14.2. The number of guanidine groups is 1. The number of rotatable bonds is 7. The number of ether oxygens (including phenoxy) is 2. The van der Waals surface area contributed by atoms with Crippen molar-refractivity contribution >= 4 is 17.7 Å². The highest BCUT2D eigenvalue weighted by atomic mass is 32.2. The van der Waals surface area contributed by atoms with Gasteiger partial charge in [0.05, 0.1) is 13.2 Å². The Morgan fingerprint density at radius 3 is 3.00 bits per heavy atom. The second-order valence-corrected chi connectivity index (χ2v) is 6.55. The zero-order chi connectivity index (χ0) is 16.5. The Hall–Kier alpha value is -1.40. The summed E-state index contributed by atoms with van der Waals surface area (Å²) in [5.74, 6) is 2.81. The van der Waals surface area contributed by atoms with Crippen molar-refractivity contribution in [3.05, 3.63) is 29.3 Å². The Morgan fingerprint density at radius 1 is 1.43 bits per heavy atom. The van der Waals surface area contributed by atoms with E-state index in [1.54, 1.807) is 7.05 Å². The van der Waals surface area contributed by atoms with Gasteiger partial charge in [-0.2, -0.15) is 11.8 Å². The van der Waals surface area contributed by atoms with Crippen molar-refractivity contribution in [3.8, 4) is 5.75 Å². The van der Waals surface area contributed by atoms with Crippen molar-refractivity contribution in [2.24, 2.45) is 4.99 Å². The molecule has 0 saturated carbocycles. The fourth-order valence-corrected chi connectivity index (χ4v) is 2.68. The van der Waals surface area contributed by atoms with Gasteiger partial charge in [0.15, 0.2) is 5.96 Å². The first-order valence-electron chi connectivity index (χ1n) is 8.00. The van der Waals surface area contributed by atoms with Gasteiger partial charge in [0, 0.05) is 37.9 Å². The van der Waals surface area contributed by atoms with Crippen LogP contribution in [0.15, 0.2) is 23.2 Å².